The molecule has 0 unspecified atom stereocenters. The summed E-state index contributed by atoms with van der Waals surface area (Å²) in [6.45, 7) is 4.01. The Kier molecular flexibility index (Phi) is 4.11. The van der Waals surface area contributed by atoms with Gasteiger partial charge in [-0.2, -0.15) is 5.26 Å². The molecule has 0 saturated heterocycles. The van der Waals surface area contributed by atoms with Gasteiger partial charge in [0.15, 0.2) is 5.78 Å². The zero-order valence-electron chi connectivity index (χ0n) is 11.5. The van der Waals surface area contributed by atoms with Crippen LogP contribution in [-0.4, -0.2) is 10.8 Å². The summed E-state index contributed by atoms with van der Waals surface area (Å²) in [6, 6.07) is 11.0. The molecule has 0 aliphatic heterocycles. The van der Waals surface area contributed by atoms with E-state index in [1.54, 1.807) is 24.4 Å². The van der Waals surface area contributed by atoms with Gasteiger partial charge in [-0.15, -0.1) is 0 Å². The van der Waals surface area contributed by atoms with E-state index in [0.29, 0.717) is 23.4 Å². The van der Waals surface area contributed by atoms with Crippen LogP contribution in [-0.2, 0) is 6.54 Å². The molecule has 0 atom stereocenters. The topological polar surface area (TPSA) is 65.8 Å². The van der Waals surface area contributed by atoms with Gasteiger partial charge in [-0.1, -0.05) is 6.07 Å². The number of carbonyl (C=O) groups is 1. The van der Waals surface area contributed by atoms with Crippen LogP contribution >= 0.6 is 0 Å². The summed E-state index contributed by atoms with van der Waals surface area (Å²) in [5, 5.41) is 12.3. The number of carbonyl (C=O) groups excluding carboxylic acids is 1. The number of ketones is 1. The molecule has 0 spiro atoms. The number of aryl methyl sites for hydroxylation is 1. The minimum Gasteiger partial charge on any atom is -0.378 e. The van der Waals surface area contributed by atoms with Gasteiger partial charge in [0.05, 0.1) is 23.5 Å². The van der Waals surface area contributed by atoms with Crippen molar-refractivity contribution in [1.82, 2.24) is 4.98 Å². The molecule has 0 fully saturated rings. The van der Waals surface area contributed by atoms with Crippen molar-refractivity contribution in [3.63, 3.8) is 0 Å². The standard InChI is InChI=1S/C16H15N3O/c1-11-4-3-7-18-16(11)10-19-15-8-13(12(2)20)5-6-14(15)9-17/h3-8,19H,10H2,1-2H3. The van der Waals surface area contributed by atoms with E-state index in [2.05, 4.69) is 16.4 Å². The van der Waals surface area contributed by atoms with Crippen LogP contribution in [0.25, 0.3) is 0 Å². The van der Waals surface area contributed by atoms with E-state index in [4.69, 9.17) is 5.26 Å². The Morgan fingerprint density at radius 1 is 1.40 bits per heavy atom. The minimum absolute atomic E-state index is 0.0217. The van der Waals surface area contributed by atoms with Gasteiger partial charge < -0.3 is 5.32 Å². The van der Waals surface area contributed by atoms with Crippen LogP contribution in [0.2, 0.25) is 0 Å². The molecule has 20 heavy (non-hydrogen) atoms. The first-order chi connectivity index (χ1) is 9.61. The van der Waals surface area contributed by atoms with Crippen LogP contribution in [0.1, 0.15) is 34.1 Å². The highest BCUT2D eigenvalue weighted by atomic mass is 16.1. The van der Waals surface area contributed by atoms with E-state index in [9.17, 15) is 4.79 Å². The summed E-state index contributed by atoms with van der Waals surface area (Å²) in [4.78, 5) is 15.7. The molecule has 1 heterocycles. The number of hydrogen-bond donors (Lipinski definition) is 1. The largest absolute Gasteiger partial charge is 0.378 e. The van der Waals surface area contributed by atoms with E-state index < -0.39 is 0 Å². The zero-order valence-corrected chi connectivity index (χ0v) is 11.5. The molecule has 1 aromatic carbocycles. The number of nitrogens with one attached hydrogen (secondary N) is 1. The van der Waals surface area contributed by atoms with Gasteiger partial charge in [-0.3, -0.25) is 9.78 Å². The number of hydrogen-bond acceptors (Lipinski definition) is 4. The van der Waals surface area contributed by atoms with Crippen molar-refractivity contribution < 1.29 is 4.79 Å². The van der Waals surface area contributed by atoms with Crippen molar-refractivity contribution >= 4 is 11.5 Å². The quantitative estimate of drug-likeness (QED) is 0.863. The van der Waals surface area contributed by atoms with Crippen molar-refractivity contribution in [1.29, 1.82) is 5.26 Å². The molecule has 2 aromatic rings. The predicted molar refractivity (Wildman–Crippen MR) is 77.5 cm³/mol. The third-order valence-electron chi connectivity index (χ3n) is 3.11. The van der Waals surface area contributed by atoms with E-state index in [1.807, 2.05) is 19.1 Å². The Hall–Kier alpha value is -2.67. The predicted octanol–water partition coefficient (Wildman–Crippen LogP) is 3.08. The van der Waals surface area contributed by atoms with Crippen LogP contribution in [0.3, 0.4) is 0 Å². The van der Waals surface area contributed by atoms with Crippen LogP contribution in [0.5, 0.6) is 0 Å². The Balaban J connectivity index is 2.24. The fourth-order valence-electron chi connectivity index (χ4n) is 1.89. The first kappa shape index (κ1) is 13.8. The van der Waals surface area contributed by atoms with E-state index in [1.165, 1.54) is 6.92 Å². The lowest BCUT2D eigenvalue weighted by atomic mass is 10.1. The van der Waals surface area contributed by atoms with Gasteiger partial charge in [-0.25, -0.2) is 0 Å². The monoisotopic (exact) mass is 265 g/mol. The Labute approximate surface area is 118 Å². The number of Topliss-reactive ketones (excluding diaryl/α,β-unsaturated/α-hetero) is 1. The number of anilines is 1. The third-order valence-corrected chi connectivity index (χ3v) is 3.11. The number of nitrogens with zero attached hydrogens (tertiary/aromatic N) is 2. The summed E-state index contributed by atoms with van der Waals surface area (Å²) in [6.07, 6.45) is 1.74. The van der Waals surface area contributed by atoms with Crippen molar-refractivity contribution in [2.75, 3.05) is 5.32 Å². The van der Waals surface area contributed by atoms with Crippen LogP contribution in [0.4, 0.5) is 5.69 Å². The minimum atomic E-state index is -0.0217. The maximum absolute atomic E-state index is 11.4. The summed E-state index contributed by atoms with van der Waals surface area (Å²) in [5.41, 5.74) is 3.77. The van der Waals surface area contributed by atoms with E-state index >= 15 is 0 Å². The Morgan fingerprint density at radius 3 is 2.85 bits per heavy atom. The zero-order chi connectivity index (χ0) is 14.5. The number of nitriles is 1. The molecule has 1 N–H and O–H groups in total. The molecule has 0 radical (unpaired) electrons. The third kappa shape index (κ3) is 3.01. The molecule has 100 valence electrons. The molecule has 2 rings (SSSR count). The molecule has 0 aliphatic carbocycles. The molecule has 0 saturated carbocycles. The van der Waals surface area contributed by atoms with Gasteiger partial charge in [-0.05, 0) is 43.7 Å². The highest BCUT2D eigenvalue weighted by Gasteiger charge is 2.07. The maximum Gasteiger partial charge on any atom is 0.159 e. The van der Waals surface area contributed by atoms with Crippen LogP contribution in [0.15, 0.2) is 36.5 Å². The summed E-state index contributed by atoms with van der Waals surface area (Å²) < 4.78 is 0. The molecular weight excluding hydrogens is 250 g/mol. The van der Waals surface area contributed by atoms with Crippen molar-refractivity contribution in [2.24, 2.45) is 0 Å². The average Bonchev–Trinajstić information content (AvgIpc) is 2.46. The Bertz CT molecular complexity index is 686. The Morgan fingerprint density at radius 2 is 2.20 bits per heavy atom. The van der Waals surface area contributed by atoms with Crippen LogP contribution < -0.4 is 5.32 Å². The average molecular weight is 265 g/mol. The lowest BCUT2D eigenvalue weighted by Gasteiger charge is -2.10. The van der Waals surface area contributed by atoms with Crippen LogP contribution in [0, 0.1) is 18.3 Å². The molecule has 4 nitrogen and oxygen atoms in total. The van der Waals surface area contributed by atoms with E-state index in [0.717, 1.165) is 11.3 Å². The highest BCUT2D eigenvalue weighted by Crippen LogP contribution is 2.18. The van der Waals surface area contributed by atoms with E-state index in [-0.39, 0.29) is 5.78 Å². The molecular formula is C16H15N3O. The summed E-state index contributed by atoms with van der Waals surface area (Å²) in [7, 11) is 0. The number of aromatic nitrogens is 1. The van der Waals surface area contributed by atoms with Crippen molar-refractivity contribution in [3.8, 4) is 6.07 Å². The first-order valence-corrected chi connectivity index (χ1v) is 6.31. The first-order valence-electron chi connectivity index (χ1n) is 6.31. The molecule has 0 aliphatic rings. The lowest BCUT2D eigenvalue weighted by molar-refractivity contribution is 0.101. The second-order valence-electron chi connectivity index (χ2n) is 4.55. The maximum atomic E-state index is 11.4. The normalized spacial score (nSPS) is 9.85. The smallest absolute Gasteiger partial charge is 0.159 e. The SMILES string of the molecule is CC(=O)c1ccc(C#N)c(NCc2ncccc2C)c1. The second-order valence-corrected chi connectivity index (χ2v) is 4.55. The van der Waals surface area contributed by atoms with Gasteiger partial charge in [0.2, 0.25) is 0 Å². The molecule has 4 heteroatoms. The molecule has 0 bridgehead atoms. The van der Waals surface area contributed by atoms with Gasteiger partial charge in [0, 0.05) is 11.8 Å². The second kappa shape index (κ2) is 5.98. The lowest BCUT2D eigenvalue weighted by Crippen LogP contribution is -2.06. The fraction of sp³-hybridized carbons (Fsp3) is 0.188. The van der Waals surface area contributed by atoms with Gasteiger partial charge in [0.25, 0.3) is 0 Å². The summed E-state index contributed by atoms with van der Waals surface area (Å²) in [5.74, 6) is -0.0217. The molecule has 0 amide bonds. The van der Waals surface area contributed by atoms with Gasteiger partial charge in [0.1, 0.15) is 6.07 Å². The van der Waals surface area contributed by atoms with Gasteiger partial charge >= 0.3 is 0 Å². The number of rotatable bonds is 4. The fourth-order valence-corrected chi connectivity index (χ4v) is 1.89. The highest BCUT2D eigenvalue weighted by molar-refractivity contribution is 5.95. The number of pyridine rings is 1. The molecule has 1 aromatic heterocycles. The van der Waals surface area contributed by atoms with Crippen molar-refractivity contribution in [3.05, 3.63) is 58.9 Å². The number of benzene rings is 1. The summed E-state index contributed by atoms with van der Waals surface area (Å²) >= 11 is 0. The van der Waals surface area contributed by atoms with Crippen molar-refractivity contribution in [2.45, 2.75) is 20.4 Å².